The number of benzene rings is 2. The molecule has 0 bridgehead atoms. The Morgan fingerprint density at radius 1 is 1.00 bits per heavy atom. The first-order valence-corrected chi connectivity index (χ1v) is 11.0. The first-order chi connectivity index (χ1) is 15.6. The van der Waals surface area contributed by atoms with Crippen LogP contribution in [0.15, 0.2) is 83.5 Å². The van der Waals surface area contributed by atoms with Crippen LogP contribution in [-0.4, -0.2) is 22.9 Å². The van der Waals surface area contributed by atoms with Crippen molar-refractivity contribution in [1.82, 2.24) is 4.98 Å². The van der Waals surface area contributed by atoms with Crippen LogP contribution in [0.1, 0.15) is 27.5 Å². The molecule has 2 aliphatic rings. The van der Waals surface area contributed by atoms with E-state index in [2.05, 4.69) is 33.1 Å². The summed E-state index contributed by atoms with van der Waals surface area (Å²) in [4.78, 5) is 20.3. The van der Waals surface area contributed by atoms with Gasteiger partial charge < -0.3 is 4.90 Å². The van der Waals surface area contributed by atoms with Gasteiger partial charge in [0, 0.05) is 22.2 Å². The van der Waals surface area contributed by atoms with Crippen molar-refractivity contribution in [3.8, 4) is 12.1 Å². The van der Waals surface area contributed by atoms with Gasteiger partial charge in [-0.25, -0.2) is 0 Å². The number of Topliss-reactive ketones (excluding diaryl/α,β-unsaturated/α-hetero) is 1. The highest BCUT2D eigenvalue weighted by atomic mass is 79.9. The van der Waals surface area contributed by atoms with Gasteiger partial charge in [0.05, 0.1) is 29.6 Å². The van der Waals surface area contributed by atoms with Crippen LogP contribution in [-0.2, 0) is 0 Å². The predicted molar refractivity (Wildman–Crippen MR) is 125 cm³/mol. The Kier molecular flexibility index (Phi) is 4.89. The average molecular weight is 481 g/mol. The van der Waals surface area contributed by atoms with Gasteiger partial charge in [-0.2, -0.15) is 10.5 Å². The maximum atomic E-state index is 14.0. The molecule has 3 aromatic rings. The molecule has 32 heavy (non-hydrogen) atoms. The Morgan fingerprint density at radius 2 is 1.72 bits per heavy atom. The third-order valence-corrected chi connectivity index (χ3v) is 6.86. The Morgan fingerprint density at radius 3 is 2.41 bits per heavy atom. The quantitative estimate of drug-likeness (QED) is 0.485. The standard InChI is InChI=1S/C26H17BrN4O/c27-19-10-8-17(9-11-19)23-24(25(32)18-5-2-1-3-6-18)31-21-7-4-14-30-20(21)12-13-22(31)26(23,15-28)16-29/h1-14,22-24H/t22-,23+,24-/m0/s1. The van der Waals surface area contributed by atoms with Crippen LogP contribution < -0.4 is 4.90 Å². The summed E-state index contributed by atoms with van der Waals surface area (Å²) in [6, 6.07) is 23.6. The van der Waals surface area contributed by atoms with Gasteiger partial charge >= 0.3 is 0 Å². The van der Waals surface area contributed by atoms with E-state index in [1.54, 1.807) is 18.3 Å². The zero-order valence-electron chi connectivity index (χ0n) is 16.9. The Hall–Kier alpha value is -3.74. The number of pyridine rings is 1. The first-order valence-electron chi connectivity index (χ1n) is 10.2. The summed E-state index contributed by atoms with van der Waals surface area (Å²) in [5.74, 6) is -0.778. The number of anilines is 1. The van der Waals surface area contributed by atoms with Crippen molar-refractivity contribution in [2.45, 2.75) is 18.0 Å². The van der Waals surface area contributed by atoms with E-state index in [-0.39, 0.29) is 5.78 Å². The molecule has 0 radical (unpaired) electrons. The molecule has 1 saturated heterocycles. The number of rotatable bonds is 3. The fourth-order valence-corrected chi connectivity index (χ4v) is 5.20. The minimum absolute atomic E-state index is 0.124. The van der Waals surface area contributed by atoms with Gasteiger partial charge in [0.15, 0.2) is 11.2 Å². The molecule has 5 nitrogen and oxygen atoms in total. The SMILES string of the molecule is N#CC1(C#N)[C@H](c2ccc(Br)cc2)[C@@H](C(=O)c2ccccc2)N2c3cccnc3C=C[C@H]21. The van der Waals surface area contributed by atoms with Gasteiger partial charge in [0.25, 0.3) is 0 Å². The van der Waals surface area contributed by atoms with E-state index in [1.165, 1.54) is 0 Å². The largest absolute Gasteiger partial charge is 0.349 e. The van der Waals surface area contributed by atoms with E-state index in [1.807, 2.05) is 71.6 Å². The van der Waals surface area contributed by atoms with Crippen LogP contribution in [0, 0.1) is 28.1 Å². The van der Waals surface area contributed by atoms with Crippen molar-refractivity contribution in [3.63, 3.8) is 0 Å². The molecule has 2 aromatic carbocycles. The molecule has 0 saturated carbocycles. The number of hydrogen-bond acceptors (Lipinski definition) is 5. The van der Waals surface area contributed by atoms with Gasteiger partial charge in [-0.3, -0.25) is 9.78 Å². The van der Waals surface area contributed by atoms with E-state index in [9.17, 15) is 15.3 Å². The maximum Gasteiger partial charge on any atom is 0.185 e. The number of halogens is 1. The summed E-state index contributed by atoms with van der Waals surface area (Å²) in [6.07, 6.45) is 5.38. The van der Waals surface area contributed by atoms with Crippen LogP contribution >= 0.6 is 15.9 Å². The molecule has 0 amide bonds. The molecule has 0 aliphatic carbocycles. The molecular formula is C26H17BrN4O. The van der Waals surface area contributed by atoms with E-state index in [0.29, 0.717) is 5.56 Å². The second-order valence-electron chi connectivity index (χ2n) is 7.92. The van der Waals surface area contributed by atoms with E-state index < -0.39 is 23.4 Å². The molecule has 5 rings (SSSR count). The van der Waals surface area contributed by atoms with Crippen molar-refractivity contribution in [2.75, 3.05) is 4.90 Å². The number of carbonyl (C=O) groups excluding carboxylic acids is 1. The number of nitrogens with zero attached hydrogens (tertiary/aromatic N) is 4. The summed E-state index contributed by atoms with van der Waals surface area (Å²) >= 11 is 3.45. The maximum absolute atomic E-state index is 14.0. The highest BCUT2D eigenvalue weighted by Gasteiger charge is 2.63. The fraction of sp³-hybridized carbons (Fsp3) is 0.154. The minimum atomic E-state index is -1.45. The number of fused-ring (bicyclic) bond motifs is 3. The van der Waals surface area contributed by atoms with E-state index in [4.69, 9.17) is 0 Å². The van der Waals surface area contributed by atoms with Crippen LogP contribution in [0.25, 0.3) is 6.08 Å². The highest BCUT2D eigenvalue weighted by Crippen LogP contribution is 2.55. The fourth-order valence-electron chi connectivity index (χ4n) is 4.93. The van der Waals surface area contributed by atoms with Gasteiger partial charge in [-0.1, -0.05) is 64.5 Å². The van der Waals surface area contributed by atoms with Crippen LogP contribution in [0.3, 0.4) is 0 Å². The van der Waals surface area contributed by atoms with Gasteiger partial charge in [0.2, 0.25) is 0 Å². The lowest BCUT2D eigenvalue weighted by molar-refractivity contribution is 0.0951. The van der Waals surface area contributed by atoms with Gasteiger partial charge in [0.1, 0.15) is 6.04 Å². The average Bonchev–Trinajstić information content (AvgIpc) is 3.15. The molecular weight excluding hydrogens is 464 g/mol. The second kappa shape index (κ2) is 7.75. The molecule has 0 N–H and O–H groups in total. The Labute approximate surface area is 194 Å². The Balaban J connectivity index is 1.79. The van der Waals surface area contributed by atoms with E-state index in [0.717, 1.165) is 21.4 Å². The molecule has 3 atom stereocenters. The third kappa shape index (κ3) is 2.88. The van der Waals surface area contributed by atoms with Crippen LogP contribution in [0.2, 0.25) is 0 Å². The molecule has 2 aliphatic heterocycles. The second-order valence-corrected chi connectivity index (χ2v) is 8.83. The molecule has 6 heteroatoms. The van der Waals surface area contributed by atoms with Crippen LogP contribution in [0.5, 0.6) is 0 Å². The molecule has 0 spiro atoms. The summed E-state index contributed by atoms with van der Waals surface area (Å²) in [6.45, 7) is 0. The first kappa shape index (κ1) is 20.2. The number of nitriles is 2. The monoisotopic (exact) mass is 480 g/mol. The number of aromatic nitrogens is 1. The topological polar surface area (TPSA) is 80.8 Å². The molecule has 154 valence electrons. The zero-order valence-corrected chi connectivity index (χ0v) is 18.5. The van der Waals surface area contributed by atoms with Gasteiger partial charge in [-0.05, 0) is 35.9 Å². The third-order valence-electron chi connectivity index (χ3n) is 6.33. The Bertz CT molecular complexity index is 1290. The van der Waals surface area contributed by atoms with E-state index >= 15 is 0 Å². The number of ketones is 1. The smallest absolute Gasteiger partial charge is 0.185 e. The number of hydrogen-bond donors (Lipinski definition) is 0. The lowest BCUT2D eigenvalue weighted by Gasteiger charge is -2.34. The molecule has 1 aromatic heterocycles. The van der Waals surface area contributed by atoms with Crippen molar-refractivity contribution in [1.29, 1.82) is 10.5 Å². The molecule has 1 fully saturated rings. The van der Waals surface area contributed by atoms with Gasteiger partial charge in [-0.15, -0.1) is 0 Å². The van der Waals surface area contributed by atoms with Crippen molar-refractivity contribution in [2.24, 2.45) is 5.41 Å². The summed E-state index contributed by atoms with van der Waals surface area (Å²) in [5.41, 5.74) is 1.34. The lowest BCUT2D eigenvalue weighted by Crippen LogP contribution is -2.44. The van der Waals surface area contributed by atoms with Crippen molar-refractivity contribution in [3.05, 3.63) is 100 Å². The summed E-state index contributed by atoms with van der Waals surface area (Å²) in [7, 11) is 0. The van der Waals surface area contributed by atoms with Crippen molar-refractivity contribution >= 4 is 33.5 Å². The summed E-state index contributed by atoms with van der Waals surface area (Å²) in [5, 5.41) is 20.8. The highest BCUT2D eigenvalue weighted by molar-refractivity contribution is 9.10. The lowest BCUT2D eigenvalue weighted by atomic mass is 9.69. The summed E-state index contributed by atoms with van der Waals surface area (Å²) < 4.78 is 0.886. The predicted octanol–water partition coefficient (Wildman–Crippen LogP) is 5.13. The molecule has 0 unspecified atom stereocenters. The number of carbonyl (C=O) groups is 1. The minimum Gasteiger partial charge on any atom is -0.349 e. The zero-order chi connectivity index (χ0) is 22.3. The normalized spacial score (nSPS) is 22.3. The molecule has 3 heterocycles. The van der Waals surface area contributed by atoms with Crippen LogP contribution in [0.4, 0.5) is 5.69 Å². The van der Waals surface area contributed by atoms with Crippen molar-refractivity contribution < 1.29 is 4.79 Å².